The molecule has 8 heteroatoms. The number of benzene rings is 1. The fraction of sp³-hybridized carbons (Fsp3) is 0.214. The van der Waals surface area contributed by atoms with Crippen LogP contribution >= 0.6 is 7.81 Å². The number of halogens is 6. The summed E-state index contributed by atoms with van der Waals surface area (Å²) in [4.78, 5) is 0. The van der Waals surface area contributed by atoms with Crippen LogP contribution in [0.5, 0.6) is 0 Å². The molecule has 1 aromatic carbocycles. The molecule has 1 aliphatic carbocycles. The molecule has 0 N–H and O–H groups in total. The number of rotatable bonds is 1. The van der Waals surface area contributed by atoms with Gasteiger partial charge in [-0.25, -0.2) is 12.2 Å². The van der Waals surface area contributed by atoms with Crippen molar-refractivity contribution in [1.29, 1.82) is 0 Å². The Bertz CT molecular complexity index is 455. The number of hydrogen-bond donors (Lipinski definition) is 0. The third kappa shape index (κ3) is 24.1. The number of allylic oxidation sites excluding steroid dienone is 4. The van der Waals surface area contributed by atoms with Crippen LogP contribution in [0.3, 0.4) is 0 Å². The van der Waals surface area contributed by atoms with E-state index in [1.54, 1.807) is 0 Å². The second kappa shape index (κ2) is 8.09. The SMILES string of the molecule is C[C-](C)c1ccccc1.F[P-](F)(F)(F)(F)F.[C-]1=CC=CC1.[Fe+3]. The minimum absolute atomic E-state index is 0. The van der Waals surface area contributed by atoms with Crippen molar-refractivity contribution in [2.24, 2.45) is 0 Å². The van der Waals surface area contributed by atoms with Crippen LogP contribution in [0.15, 0.2) is 48.6 Å². The summed E-state index contributed by atoms with van der Waals surface area (Å²) in [5.41, 5.74) is 1.33. The van der Waals surface area contributed by atoms with Gasteiger partial charge in [0.15, 0.2) is 0 Å². The average molecular weight is 385 g/mol. The van der Waals surface area contributed by atoms with Crippen molar-refractivity contribution in [1.82, 2.24) is 0 Å². The second-order valence-corrected chi connectivity index (χ2v) is 6.24. The second-order valence-electron chi connectivity index (χ2n) is 4.33. The third-order valence-corrected chi connectivity index (χ3v) is 1.94. The molecule has 127 valence electrons. The molecule has 1 aliphatic rings. The Morgan fingerprint density at radius 1 is 0.955 bits per heavy atom. The Morgan fingerprint density at radius 3 is 1.59 bits per heavy atom. The van der Waals surface area contributed by atoms with Crippen molar-refractivity contribution < 1.29 is 42.3 Å². The van der Waals surface area contributed by atoms with Crippen LogP contribution in [0.2, 0.25) is 0 Å². The maximum atomic E-state index is 9.87. The molecule has 0 saturated carbocycles. The Balaban J connectivity index is 0. The van der Waals surface area contributed by atoms with E-state index in [1.165, 1.54) is 11.5 Å². The van der Waals surface area contributed by atoms with Crippen molar-refractivity contribution in [3.8, 4) is 0 Å². The molecule has 0 nitrogen and oxygen atoms in total. The summed E-state index contributed by atoms with van der Waals surface area (Å²) in [6.45, 7) is 4.24. The van der Waals surface area contributed by atoms with Crippen molar-refractivity contribution in [3.63, 3.8) is 0 Å². The standard InChI is InChI=1S/C9H11.C5H5.F6P.Fe/c1-8(2)9-6-4-3-5-7-9;1-2-4-5-3-1;1-7(2,3,4,5)6;/h3-7H,1-2H3;1-3H,4H2;;/q3*-1;+3. The van der Waals surface area contributed by atoms with Gasteiger partial charge in [-0.15, -0.1) is 18.6 Å². The van der Waals surface area contributed by atoms with E-state index in [0.29, 0.717) is 0 Å². The van der Waals surface area contributed by atoms with Crippen LogP contribution in [0.4, 0.5) is 25.2 Å². The molecule has 0 bridgehead atoms. The molecule has 1 aromatic rings. The first-order valence-corrected chi connectivity index (χ1v) is 7.92. The van der Waals surface area contributed by atoms with Gasteiger partial charge in [-0.05, 0) is 0 Å². The summed E-state index contributed by atoms with van der Waals surface area (Å²) >= 11 is 0. The van der Waals surface area contributed by atoms with Crippen LogP contribution in [0.1, 0.15) is 25.8 Å². The van der Waals surface area contributed by atoms with Gasteiger partial charge < -0.3 is 0 Å². The van der Waals surface area contributed by atoms with Gasteiger partial charge >= 0.3 is 50.1 Å². The zero-order chi connectivity index (χ0) is 16.6. The van der Waals surface area contributed by atoms with Crippen LogP contribution in [0, 0.1) is 12.0 Å². The minimum Gasteiger partial charge on any atom is -0.273 e. The molecule has 0 aromatic heterocycles. The molecular weight excluding hydrogens is 369 g/mol. The maximum absolute atomic E-state index is 10.7. The molecular formula is C14H16F6FeP. The van der Waals surface area contributed by atoms with Gasteiger partial charge in [-0.1, -0.05) is 19.9 Å². The van der Waals surface area contributed by atoms with Gasteiger partial charge in [0.2, 0.25) is 0 Å². The average Bonchev–Trinajstić information content (AvgIpc) is 2.84. The Morgan fingerprint density at radius 2 is 1.41 bits per heavy atom. The van der Waals surface area contributed by atoms with E-state index in [0.717, 1.165) is 6.42 Å². The van der Waals surface area contributed by atoms with Crippen LogP contribution < -0.4 is 0 Å². The Hall–Kier alpha value is -0.901. The minimum atomic E-state index is -10.7. The van der Waals surface area contributed by atoms with E-state index in [4.69, 9.17) is 0 Å². The van der Waals surface area contributed by atoms with E-state index < -0.39 is 7.81 Å². The fourth-order valence-electron chi connectivity index (χ4n) is 1.11. The van der Waals surface area contributed by atoms with Gasteiger partial charge in [0.25, 0.3) is 0 Å². The summed E-state index contributed by atoms with van der Waals surface area (Å²) < 4.78 is 59.2. The molecule has 2 rings (SSSR count). The molecule has 0 unspecified atom stereocenters. The van der Waals surface area contributed by atoms with Gasteiger partial charge in [0, 0.05) is 0 Å². The van der Waals surface area contributed by atoms with E-state index >= 15 is 0 Å². The van der Waals surface area contributed by atoms with Crippen molar-refractivity contribution >= 4 is 7.81 Å². The molecule has 0 aliphatic heterocycles. The van der Waals surface area contributed by atoms with E-state index in [2.05, 4.69) is 50.3 Å². The first-order chi connectivity index (χ1) is 9.25. The monoisotopic (exact) mass is 385 g/mol. The van der Waals surface area contributed by atoms with E-state index in [-0.39, 0.29) is 17.1 Å². The first kappa shape index (κ1) is 23.4. The largest absolute Gasteiger partial charge is 3.00 e. The normalized spacial score (nSPS) is 15.1. The quantitative estimate of drug-likeness (QED) is 0.205. The van der Waals surface area contributed by atoms with Crippen molar-refractivity contribution in [2.45, 2.75) is 20.3 Å². The molecule has 0 heterocycles. The molecule has 1 radical (unpaired) electrons. The van der Waals surface area contributed by atoms with Crippen LogP contribution in [0.25, 0.3) is 0 Å². The van der Waals surface area contributed by atoms with E-state index in [1.807, 2.05) is 18.2 Å². The summed E-state index contributed by atoms with van der Waals surface area (Å²) in [5, 5.41) is 0. The van der Waals surface area contributed by atoms with Crippen molar-refractivity contribution in [3.05, 3.63) is 66.1 Å². The number of hydrogen-bond acceptors (Lipinski definition) is 0. The zero-order valence-corrected chi connectivity index (χ0v) is 13.9. The van der Waals surface area contributed by atoms with Crippen LogP contribution in [-0.2, 0) is 17.1 Å². The zero-order valence-electron chi connectivity index (χ0n) is 11.9. The Kier molecular flexibility index (Phi) is 8.60. The fourth-order valence-corrected chi connectivity index (χ4v) is 1.11. The van der Waals surface area contributed by atoms with Crippen LogP contribution in [-0.4, -0.2) is 0 Å². The summed E-state index contributed by atoms with van der Waals surface area (Å²) in [6.07, 6.45) is 10.0. The van der Waals surface area contributed by atoms with Gasteiger partial charge in [0.1, 0.15) is 0 Å². The third-order valence-electron chi connectivity index (χ3n) is 1.94. The summed E-state index contributed by atoms with van der Waals surface area (Å²) in [5.74, 6) is 1.37. The smallest absolute Gasteiger partial charge is 0.273 e. The predicted molar refractivity (Wildman–Crippen MR) is 75.3 cm³/mol. The molecule has 0 atom stereocenters. The molecule has 0 fully saturated rings. The summed E-state index contributed by atoms with van der Waals surface area (Å²) in [6, 6.07) is 10.4. The van der Waals surface area contributed by atoms with E-state index in [9.17, 15) is 25.2 Å². The molecule has 0 spiro atoms. The first-order valence-electron chi connectivity index (χ1n) is 5.89. The van der Waals surface area contributed by atoms with Crippen molar-refractivity contribution in [2.75, 3.05) is 0 Å². The molecule has 0 amide bonds. The molecule has 22 heavy (non-hydrogen) atoms. The van der Waals surface area contributed by atoms with Gasteiger partial charge in [0.05, 0.1) is 0 Å². The topological polar surface area (TPSA) is 0 Å². The maximum Gasteiger partial charge on any atom is 3.00 e. The Labute approximate surface area is 137 Å². The van der Waals surface area contributed by atoms with Gasteiger partial charge in [-0.2, -0.15) is 29.7 Å². The summed E-state index contributed by atoms with van der Waals surface area (Å²) in [7, 11) is -10.7. The molecule has 0 saturated heterocycles. The predicted octanol–water partition coefficient (Wildman–Crippen LogP) is 7.33. The van der Waals surface area contributed by atoms with Gasteiger partial charge in [-0.3, -0.25) is 6.08 Å².